The van der Waals surface area contributed by atoms with Crippen molar-refractivity contribution in [2.45, 2.75) is 12.8 Å². The number of thiophene rings is 1. The van der Waals surface area contributed by atoms with Gasteiger partial charge >= 0.3 is 0 Å². The Kier molecular flexibility index (Phi) is 1.92. The van der Waals surface area contributed by atoms with E-state index in [0.717, 1.165) is 0 Å². The SMILES string of the molecule is Cc1cscc1CCl. The van der Waals surface area contributed by atoms with Crippen LogP contribution in [-0.2, 0) is 5.88 Å². The van der Waals surface area contributed by atoms with E-state index in [9.17, 15) is 0 Å². The van der Waals surface area contributed by atoms with Crippen LogP contribution in [0.5, 0.6) is 0 Å². The van der Waals surface area contributed by atoms with Gasteiger partial charge in [0.15, 0.2) is 0 Å². The van der Waals surface area contributed by atoms with Crippen LogP contribution >= 0.6 is 22.9 Å². The lowest BCUT2D eigenvalue weighted by molar-refractivity contribution is 1.35. The molecule has 0 nitrogen and oxygen atoms in total. The molecule has 0 unspecified atom stereocenters. The summed E-state index contributed by atoms with van der Waals surface area (Å²) in [5, 5.41) is 4.19. The summed E-state index contributed by atoms with van der Waals surface area (Å²) in [5.74, 6) is 0.648. The minimum Gasteiger partial charge on any atom is -0.152 e. The number of hydrogen-bond acceptors (Lipinski definition) is 1. The molecule has 0 N–H and O–H groups in total. The van der Waals surface area contributed by atoms with Crippen molar-refractivity contribution in [3.05, 3.63) is 21.9 Å². The van der Waals surface area contributed by atoms with Crippen molar-refractivity contribution < 1.29 is 0 Å². The minimum atomic E-state index is 0.648. The monoisotopic (exact) mass is 146 g/mol. The van der Waals surface area contributed by atoms with E-state index >= 15 is 0 Å². The molecule has 0 amide bonds. The van der Waals surface area contributed by atoms with Gasteiger partial charge in [-0.25, -0.2) is 0 Å². The number of hydrogen-bond donors (Lipinski definition) is 0. The van der Waals surface area contributed by atoms with Gasteiger partial charge in [-0.15, -0.1) is 11.6 Å². The van der Waals surface area contributed by atoms with Crippen LogP contribution in [0, 0.1) is 6.92 Å². The maximum Gasteiger partial charge on any atom is 0.0484 e. The molecule has 44 valence electrons. The standard InChI is InChI=1S/C6H7ClS/c1-5-3-8-4-6(5)2-7/h3-4H,2H2,1H3. The molecule has 1 rings (SSSR count). The Morgan fingerprint density at radius 2 is 2.38 bits per heavy atom. The Morgan fingerprint density at radius 3 is 2.62 bits per heavy atom. The fourth-order valence-electron chi connectivity index (χ4n) is 0.524. The summed E-state index contributed by atoms with van der Waals surface area (Å²) in [7, 11) is 0. The summed E-state index contributed by atoms with van der Waals surface area (Å²) in [5.41, 5.74) is 2.57. The number of alkyl halides is 1. The predicted octanol–water partition coefficient (Wildman–Crippen LogP) is 2.80. The topological polar surface area (TPSA) is 0 Å². The van der Waals surface area contributed by atoms with E-state index in [4.69, 9.17) is 11.6 Å². The molecule has 1 aromatic rings. The minimum absolute atomic E-state index is 0.648. The molecule has 1 heterocycles. The molecule has 1 aromatic heterocycles. The van der Waals surface area contributed by atoms with Crippen LogP contribution in [0.3, 0.4) is 0 Å². The molecule has 0 aliphatic heterocycles. The smallest absolute Gasteiger partial charge is 0.0484 e. The predicted molar refractivity (Wildman–Crippen MR) is 38.6 cm³/mol. The number of aryl methyl sites for hydroxylation is 1. The third-order valence-corrected chi connectivity index (χ3v) is 2.30. The zero-order valence-corrected chi connectivity index (χ0v) is 6.22. The van der Waals surface area contributed by atoms with Gasteiger partial charge in [-0.1, -0.05) is 0 Å². The summed E-state index contributed by atoms with van der Waals surface area (Å²) >= 11 is 7.29. The van der Waals surface area contributed by atoms with Crippen molar-refractivity contribution in [2.75, 3.05) is 0 Å². The number of halogens is 1. The molecular formula is C6H7ClS. The molecule has 0 radical (unpaired) electrons. The van der Waals surface area contributed by atoms with E-state index in [0.29, 0.717) is 5.88 Å². The van der Waals surface area contributed by atoms with E-state index < -0.39 is 0 Å². The van der Waals surface area contributed by atoms with E-state index in [1.165, 1.54) is 11.1 Å². The van der Waals surface area contributed by atoms with Gasteiger partial charge in [0.1, 0.15) is 0 Å². The summed E-state index contributed by atoms with van der Waals surface area (Å²) in [6, 6.07) is 0. The van der Waals surface area contributed by atoms with Crippen LogP contribution in [0.4, 0.5) is 0 Å². The molecule has 2 heteroatoms. The van der Waals surface area contributed by atoms with Gasteiger partial charge in [-0.05, 0) is 28.8 Å². The zero-order chi connectivity index (χ0) is 5.98. The fraction of sp³-hybridized carbons (Fsp3) is 0.333. The highest BCUT2D eigenvalue weighted by Gasteiger charge is 1.93. The second kappa shape index (κ2) is 2.51. The second-order valence-electron chi connectivity index (χ2n) is 1.71. The molecule has 0 spiro atoms. The molecule has 0 aromatic carbocycles. The van der Waals surface area contributed by atoms with Crippen molar-refractivity contribution in [1.82, 2.24) is 0 Å². The highest BCUT2D eigenvalue weighted by atomic mass is 35.5. The molecular weight excluding hydrogens is 140 g/mol. The largest absolute Gasteiger partial charge is 0.152 e. The quantitative estimate of drug-likeness (QED) is 0.535. The molecule has 0 atom stereocenters. The van der Waals surface area contributed by atoms with Crippen LogP contribution in [0.2, 0.25) is 0 Å². The highest BCUT2D eigenvalue weighted by Crippen LogP contribution is 2.14. The lowest BCUT2D eigenvalue weighted by Crippen LogP contribution is -1.72. The summed E-state index contributed by atoms with van der Waals surface area (Å²) in [6.07, 6.45) is 0. The Balaban J connectivity index is 2.92. The second-order valence-corrected chi connectivity index (χ2v) is 2.72. The van der Waals surface area contributed by atoms with Gasteiger partial charge in [0.05, 0.1) is 0 Å². The van der Waals surface area contributed by atoms with Crippen LogP contribution in [0.15, 0.2) is 10.8 Å². The van der Waals surface area contributed by atoms with Crippen LogP contribution in [-0.4, -0.2) is 0 Å². The van der Waals surface area contributed by atoms with Crippen molar-refractivity contribution in [3.8, 4) is 0 Å². The fourth-order valence-corrected chi connectivity index (χ4v) is 1.76. The maximum absolute atomic E-state index is 5.58. The first-order valence-electron chi connectivity index (χ1n) is 2.42. The van der Waals surface area contributed by atoms with Crippen molar-refractivity contribution in [3.63, 3.8) is 0 Å². The normalized spacial score (nSPS) is 9.75. The van der Waals surface area contributed by atoms with Crippen molar-refractivity contribution in [1.29, 1.82) is 0 Å². The first kappa shape index (κ1) is 6.12. The van der Waals surface area contributed by atoms with Crippen molar-refractivity contribution in [2.24, 2.45) is 0 Å². The molecule has 0 aliphatic rings. The first-order chi connectivity index (χ1) is 3.84. The lowest BCUT2D eigenvalue weighted by atomic mass is 10.2. The maximum atomic E-state index is 5.58. The van der Waals surface area contributed by atoms with Crippen molar-refractivity contribution >= 4 is 22.9 Å². The van der Waals surface area contributed by atoms with Gasteiger partial charge in [0, 0.05) is 5.88 Å². The number of rotatable bonds is 1. The molecule has 0 aliphatic carbocycles. The van der Waals surface area contributed by atoms with E-state index in [-0.39, 0.29) is 0 Å². The van der Waals surface area contributed by atoms with E-state index in [1.54, 1.807) is 11.3 Å². The lowest BCUT2D eigenvalue weighted by Gasteiger charge is -1.86. The average Bonchev–Trinajstić information content (AvgIpc) is 2.14. The van der Waals surface area contributed by atoms with Gasteiger partial charge in [-0.2, -0.15) is 11.3 Å². The molecule has 0 saturated carbocycles. The van der Waals surface area contributed by atoms with Gasteiger partial charge in [0.2, 0.25) is 0 Å². The van der Waals surface area contributed by atoms with Gasteiger partial charge in [0.25, 0.3) is 0 Å². The van der Waals surface area contributed by atoms with Gasteiger partial charge < -0.3 is 0 Å². The molecule has 8 heavy (non-hydrogen) atoms. The van der Waals surface area contributed by atoms with E-state index in [2.05, 4.69) is 17.7 Å². The summed E-state index contributed by atoms with van der Waals surface area (Å²) in [4.78, 5) is 0. The van der Waals surface area contributed by atoms with Crippen LogP contribution < -0.4 is 0 Å². The summed E-state index contributed by atoms with van der Waals surface area (Å²) in [6.45, 7) is 2.08. The van der Waals surface area contributed by atoms with Crippen LogP contribution in [0.1, 0.15) is 11.1 Å². The Hall–Kier alpha value is -0.0100. The molecule has 0 fully saturated rings. The average molecular weight is 147 g/mol. The van der Waals surface area contributed by atoms with Crippen LogP contribution in [0.25, 0.3) is 0 Å². The molecule has 0 bridgehead atoms. The third kappa shape index (κ3) is 1.04. The first-order valence-corrected chi connectivity index (χ1v) is 3.90. The van der Waals surface area contributed by atoms with Gasteiger partial charge in [-0.3, -0.25) is 0 Å². The Labute approximate surface area is 58.1 Å². The third-order valence-electron chi connectivity index (χ3n) is 1.11. The molecule has 0 saturated heterocycles. The Morgan fingerprint density at radius 1 is 1.62 bits per heavy atom. The zero-order valence-electron chi connectivity index (χ0n) is 4.65. The Bertz CT molecular complexity index is 169. The highest BCUT2D eigenvalue weighted by molar-refractivity contribution is 7.08. The van der Waals surface area contributed by atoms with E-state index in [1.807, 2.05) is 0 Å². The summed E-state index contributed by atoms with van der Waals surface area (Å²) < 4.78 is 0.